The minimum absolute atomic E-state index is 0.224. The van der Waals surface area contributed by atoms with E-state index in [-0.39, 0.29) is 5.92 Å². The van der Waals surface area contributed by atoms with Crippen molar-refractivity contribution in [3.8, 4) is 0 Å². The summed E-state index contributed by atoms with van der Waals surface area (Å²) in [5, 5.41) is 1.06. The van der Waals surface area contributed by atoms with Crippen molar-refractivity contribution in [1.29, 1.82) is 0 Å². The van der Waals surface area contributed by atoms with Crippen LogP contribution in [0, 0.1) is 18.8 Å². The molecule has 0 aliphatic heterocycles. The minimum atomic E-state index is 0.224. The average Bonchev–Trinajstić information content (AvgIpc) is 2.47. The zero-order valence-electron chi connectivity index (χ0n) is 12.2. The van der Waals surface area contributed by atoms with Crippen LogP contribution in [-0.4, -0.2) is 10.8 Å². The molecule has 1 aromatic carbocycles. The van der Waals surface area contributed by atoms with Gasteiger partial charge in [0.05, 0.1) is 5.52 Å². The van der Waals surface area contributed by atoms with Gasteiger partial charge in [-0.1, -0.05) is 25.8 Å². The molecule has 104 valence electrons. The van der Waals surface area contributed by atoms with Crippen LogP contribution in [0.5, 0.6) is 0 Å². The van der Waals surface area contributed by atoms with Crippen LogP contribution in [0.4, 0.5) is 0 Å². The topological polar surface area (TPSA) is 30.0 Å². The van der Waals surface area contributed by atoms with E-state index < -0.39 is 0 Å². The van der Waals surface area contributed by atoms with Crippen molar-refractivity contribution in [3.63, 3.8) is 0 Å². The van der Waals surface area contributed by atoms with E-state index in [4.69, 9.17) is 0 Å². The number of Topliss-reactive ketones (excluding diaryl/α,β-unsaturated/α-hetero) is 1. The lowest BCUT2D eigenvalue weighted by atomic mass is 9.79. The van der Waals surface area contributed by atoms with Crippen LogP contribution in [0.15, 0.2) is 30.3 Å². The second kappa shape index (κ2) is 5.35. The zero-order chi connectivity index (χ0) is 14.1. The molecule has 1 aliphatic rings. The maximum atomic E-state index is 12.6. The Kier molecular flexibility index (Phi) is 3.56. The Morgan fingerprint density at radius 2 is 1.85 bits per heavy atom. The maximum Gasteiger partial charge on any atom is 0.165 e. The molecular formula is C18H21NO. The number of carbonyl (C=O) groups excluding carboxylic acids is 1. The summed E-state index contributed by atoms with van der Waals surface area (Å²) >= 11 is 0. The van der Waals surface area contributed by atoms with E-state index in [2.05, 4.69) is 18.0 Å². The van der Waals surface area contributed by atoms with E-state index in [1.807, 2.05) is 31.2 Å². The summed E-state index contributed by atoms with van der Waals surface area (Å²) in [5.41, 5.74) is 2.83. The Morgan fingerprint density at radius 3 is 2.60 bits per heavy atom. The third-order valence-corrected chi connectivity index (χ3v) is 4.50. The quantitative estimate of drug-likeness (QED) is 0.747. The van der Waals surface area contributed by atoms with Gasteiger partial charge < -0.3 is 0 Å². The number of rotatable bonds is 2. The second-order valence-electron chi connectivity index (χ2n) is 6.18. The monoisotopic (exact) mass is 267 g/mol. The summed E-state index contributed by atoms with van der Waals surface area (Å²) in [5.74, 6) is 1.32. The Morgan fingerprint density at radius 1 is 1.10 bits per heavy atom. The maximum absolute atomic E-state index is 12.6. The molecule has 0 unspecified atom stereocenters. The molecule has 0 atom stereocenters. The van der Waals surface area contributed by atoms with Crippen molar-refractivity contribution in [2.75, 3.05) is 0 Å². The number of aryl methyl sites for hydroxylation is 1. The summed E-state index contributed by atoms with van der Waals surface area (Å²) in [7, 11) is 0. The summed E-state index contributed by atoms with van der Waals surface area (Å²) in [6, 6.07) is 9.97. The first-order valence-corrected chi connectivity index (χ1v) is 7.55. The van der Waals surface area contributed by atoms with Crippen LogP contribution in [0.2, 0.25) is 0 Å². The van der Waals surface area contributed by atoms with Gasteiger partial charge in [-0.25, -0.2) is 0 Å². The molecule has 20 heavy (non-hydrogen) atoms. The smallest absolute Gasteiger partial charge is 0.165 e. The fraction of sp³-hybridized carbons (Fsp3) is 0.444. The van der Waals surface area contributed by atoms with Gasteiger partial charge in [0.1, 0.15) is 0 Å². The molecule has 1 aromatic heterocycles. The van der Waals surface area contributed by atoms with Crippen LogP contribution in [0.1, 0.15) is 48.7 Å². The predicted octanol–water partition coefficient (Wildman–Crippen LogP) is 4.55. The normalized spacial score (nSPS) is 22.9. The van der Waals surface area contributed by atoms with Crippen LogP contribution in [0.3, 0.4) is 0 Å². The van der Waals surface area contributed by atoms with Crippen molar-refractivity contribution in [1.82, 2.24) is 4.98 Å². The number of aromatic nitrogens is 1. The van der Waals surface area contributed by atoms with Crippen molar-refractivity contribution in [2.24, 2.45) is 11.8 Å². The van der Waals surface area contributed by atoms with Gasteiger partial charge in [0.2, 0.25) is 0 Å². The molecule has 2 heteroatoms. The van der Waals surface area contributed by atoms with Crippen molar-refractivity contribution < 1.29 is 4.79 Å². The zero-order valence-corrected chi connectivity index (χ0v) is 12.2. The van der Waals surface area contributed by atoms with E-state index >= 15 is 0 Å². The van der Waals surface area contributed by atoms with Crippen LogP contribution >= 0.6 is 0 Å². The average molecular weight is 267 g/mol. The van der Waals surface area contributed by atoms with E-state index in [0.717, 1.165) is 40.9 Å². The minimum Gasteiger partial charge on any atom is -0.294 e. The lowest BCUT2D eigenvalue weighted by Gasteiger charge is -2.25. The number of hydrogen-bond acceptors (Lipinski definition) is 2. The fourth-order valence-corrected chi connectivity index (χ4v) is 3.14. The second-order valence-corrected chi connectivity index (χ2v) is 6.18. The van der Waals surface area contributed by atoms with Gasteiger partial charge in [0, 0.05) is 22.6 Å². The highest BCUT2D eigenvalue weighted by Crippen LogP contribution is 2.31. The molecule has 2 nitrogen and oxygen atoms in total. The van der Waals surface area contributed by atoms with Crippen molar-refractivity contribution >= 4 is 16.7 Å². The first kappa shape index (κ1) is 13.3. The molecular weight excluding hydrogens is 246 g/mol. The number of nitrogens with zero attached hydrogens (tertiary/aromatic N) is 1. The van der Waals surface area contributed by atoms with E-state index in [1.54, 1.807) is 0 Å². The summed E-state index contributed by atoms with van der Waals surface area (Å²) in [6.45, 7) is 4.27. The Bertz CT molecular complexity index is 639. The highest BCUT2D eigenvalue weighted by molar-refractivity contribution is 6.00. The Balaban J connectivity index is 1.86. The van der Waals surface area contributed by atoms with Crippen molar-refractivity contribution in [2.45, 2.75) is 39.5 Å². The van der Waals surface area contributed by atoms with Gasteiger partial charge >= 0.3 is 0 Å². The summed E-state index contributed by atoms with van der Waals surface area (Å²) in [4.78, 5) is 17.1. The Hall–Kier alpha value is -1.70. The van der Waals surface area contributed by atoms with Crippen LogP contribution < -0.4 is 0 Å². The molecule has 0 amide bonds. The standard InChI is InChI=1S/C18H21NO/c1-12-3-6-14(7-4-12)18(20)16-9-10-17-15(11-16)8-5-13(2)19-17/h5,8-12,14H,3-4,6-7H2,1-2H3. The third kappa shape index (κ3) is 2.60. The lowest BCUT2D eigenvalue weighted by molar-refractivity contribution is 0.0876. The predicted molar refractivity (Wildman–Crippen MR) is 81.9 cm³/mol. The molecule has 1 saturated carbocycles. The lowest BCUT2D eigenvalue weighted by Crippen LogP contribution is -2.20. The Labute approximate surface area is 120 Å². The fourth-order valence-electron chi connectivity index (χ4n) is 3.14. The number of pyridine rings is 1. The van der Waals surface area contributed by atoms with E-state index in [0.29, 0.717) is 5.78 Å². The largest absolute Gasteiger partial charge is 0.294 e. The molecule has 0 spiro atoms. The SMILES string of the molecule is Cc1ccc2cc(C(=O)C3CCC(C)CC3)ccc2n1. The molecule has 0 bridgehead atoms. The number of hydrogen-bond donors (Lipinski definition) is 0. The third-order valence-electron chi connectivity index (χ3n) is 4.50. The van der Waals surface area contributed by atoms with Gasteiger partial charge in [-0.3, -0.25) is 9.78 Å². The molecule has 1 heterocycles. The van der Waals surface area contributed by atoms with Crippen molar-refractivity contribution in [3.05, 3.63) is 41.6 Å². The molecule has 2 aromatic rings. The number of benzene rings is 1. The molecule has 3 rings (SSSR count). The number of carbonyl (C=O) groups is 1. The molecule has 0 saturated heterocycles. The molecule has 1 fully saturated rings. The summed E-state index contributed by atoms with van der Waals surface area (Å²) in [6.07, 6.45) is 4.46. The van der Waals surface area contributed by atoms with E-state index in [9.17, 15) is 4.79 Å². The summed E-state index contributed by atoms with van der Waals surface area (Å²) < 4.78 is 0. The van der Waals surface area contributed by atoms with Gasteiger partial charge in [0.25, 0.3) is 0 Å². The first-order valence-electron chi connectivity index (χ1n) is 7.55. The highest BCUT2D eigenvalue weighted by atomic mass is 16.1. The number of fused-ring (bicyclic) bond motifs is 1. The van der Waals surface area contributed by atoms with Crippen LogP contribution in [-0.2, 0) is 0 Å². The van der Waals surface area contributed by atoms with Gasteiger partial charge in [0.15, 0.2) is 5.78 Å². The van der Waals surface area contributed by atoms with Gasteiger partial charge in [-0.2, -0.15) is 0 Å². The number of ketones is 1. The van der Waals surface area contributed by atoms with Gasteiger partial charge in [-0.05, 0) is 49.9 Å². The molecule has 0 N–H and O–H groups in total. The molecule has 1 aliphatic carbocycles. The first-order chi connectivity index (χ1) is 9.63. The highest BCUT2D eigenvalue weighted by Gasteiger charge is 2.25. The van der Waals surface area contributed by atoms with Crippen LogP contribution in [0.25, 0.3) is 10.9 Å². The molecule has 0 radical (unpaired) electrons. The van der Waals surface area contributed by atoms with E-state index in [1.165, 1.54) is 12.8 Å². The van der Waals surface area contributed by atoms with Gasteiger partial charge in [-0.15, -0.1) is 0 Å².